The summed E-state index contributed by atoms with van der Waals surface area (Å²) in [5.41, 5.74) is 3.58. The largest absolute Gasteiger partial charge is 0.417 e. The molecule has 0 atom stereocenters. The Morgan fingerprint density at radius 3 is 2.50 bits per heavy atom. The molecule has 0 spiro atoms. The van der Waals surface area contributed by atoms with Crippen LogP contribution in [-0.2, 0) is 10.0 Å². The zero-order valence-corrected chi connectivity index (χ0v) is 17.9. The van der Waals surface area contributed by atoms with Gasteiger partial charge in [-0.25, -0.2) is 18.2 Å². The van der Waals surface area contributed by atoms with Gasteiger partial charge < -0.3 is 9.73 Å². The number of benzene rings is 2. The van der Waals surface area contributed by atoms with Gasteiger partial charge in [-0.2, -0.15) is 0 Å². The minimum atomic E-state index is -3.86. The molecule has 0 radical (unpaired) electrons. The summed E-state index contributed by atoms with van der Waals surface area (Å²) in [6.07, 6.45) is 3.43. The van der Waals surface area contributed by atoms with Crippen molar-refractivity contribution in [3.8, 4) is 11.3 Å². The van der Waals surface area contributed by atoms with Gasteiger partial charge in [0.05, 0.1) is 16.1 Å². The molecule has 2 aromatic carbocycles. The first-order chi connectivity index (χ1) is 15.5. The number of pyridine rings is 1. The van der Waals surface area contributed by atoms with Crippen molar-refractivity contribution < 1.29 is 12.8 Å². The Hall–Kier alpha value is -3.96. The van der Waals surface area contributed by atoms with E-state index in [-0.39, 0.29) is 10.5 Å². The van der Waals surface area contributed by atoms with Gasteiger partial charge in [0.2, 0.25) is 0 Å². The predicted octanol–water partition coefficient (Wildman–Crippen LogP) is 4.18. The topological polar surface area (TPSA) is 130 Å². The molecule has 0 amide bonds. The van der Waals surface area contributed by atoms with Gasteiger partial charge in [0.15, 0.2) is 10.7 Å². The van der Waals surface area contributed by atoms with E-state index in [1.807, 2.05) is 17.5 Å². The second-order valence-electron chi connectivity index (χ2n) is 6.75. The van der Waals surface area contributed by atoms with E-state index in [9.17, 15) is 13.2 Å². The van der Waals surface area contributed by atoms with Crippen molar-refractivity contribution in [3.63, 3.8) is 0 Å². The molecule has 0 aliphatic heterocycles. The number of H-pyrrole nitrogens is 1. The van der Waals surface area contributed by atoms with Crippen molar-refractivity contribution in [2.45, 2.75) is 4.90 Å². The molecule has 0 saturated heterocycles. The third-order valence-corrected chi connectivity index (χ3v) is 6.71. The van der Waals surface area contributed by atoms with Gasteiger partial charge in [-0.15, -0.1) is 11.3 Å². The van der Waals surface area contributed by atoms with Crippen LogP contribution in [0.4, 0.5) is 16.5 Å². The number of hydrogen-bond donors (Lipinski definition) is 3. The number of anilines is 3. The molecule has 9 nitrogen and oxygen atoms in total. The first-order valence-corrected chi connectivity index (χ1v) is 11.7. The van der Waals surface area contributed by atoms with Crippen LogP contribution < -0.4 is 15.8 Å². The standard InChI is InChI=1S/C21H15N5O4S2/c27-21-25-17-6-5-16(11-19(17)30-21)32(28,29)26-15-3-1-14(2-4-15)23-20-24-18(12-31-20)13-7-9-22-10-8-13/h1-12,26H,(H,23,24)(H,25,27). The van der Waals surface area contributed by atoms with Gasteiger partial charge in [-0.3, -0.25) is 14.7 Å². The molecule has 3 N–H and O–H groups in total. The number of oxazole rings is 1. The summed E-state index contributed by atoms with van der Waals surface area (Å²) < 4.78 is 32.8. The van der Waals surface area contributed by atoms with Crippen LogP contribution in [0, 0.1) is 0 Å². The molecule has 3 heterocycles. The summed E-state index contributed by atoms with van der Waals surface area (Å²) >= 11 is 1.47. The van der Waals surface area contributed by atoms with E-state index in [0.29, 0.717) is 16.3 Å². The highest BCUT2D eigenvalue weighted by atomic mass is 32.2. The van der Waals surface area contributed by atoms with Crippen molar-refractivity contribution in [1.82, 2.24) is 15.0 Å². The Labute approximate surface area is 185 Å². The number of aromatic amines is 1. The molecule has 32 heavy (non-hydrogen) atoms. The summed E-state index contributed by atoms with van der Waals surface area (Å²) in [7, 11) is -3.86. The molecule has 0 saturated carbocycles. The smallest absolute Gasteiger partial charge is 0.408 e. The lowest BCUT2D eigenvalue weighted by Gasteiger charge is -2.09. The van der Waals surface area contributed by atoms with Crippen LogP contribution in [0.25, 0.3) is 22.4 Å². The molecular weight excluding hydrogens is 450 g/mol. The van der Waals surface area contributed by atoms with Gasteiger partial charge in [-0.05, 0) is 48.5 Å². The van der Waals surface area contributed by atoms with Crippen molar-refractivity contribution >= 4 is 49.0 Å². The molecule has 0 aliphatic rings. The summed E-state index contributed by atoms with van der Waals surface area (Å²) in [4.78, 5) is 22.3. The maximum atomic E-state index is 12.7. The second kappa shape index (κ2) is 7.94. The Morgan fingerprint density at radius 2 is 1.72 bits per heavy atom. The van der Waals surface area contributed by atoms with Gasteiger partial charge in [0.1, 0.15) is 0 Å². The van der Waals surface area contributed by atoms with E-state index in [2.05, 4.69) is 25.0 Å². The van der Waals surface area contributed by atoms with Gasteiger partial charge >= 0.3 is 5.76 Å². The van der Waals surface area contributed by atoms with Gasteiger partial charge in [0.25, 0.3) is 10.0 Å². The quantitative estimate of drug-likeness (QED) is 0.343. The SMILES string of the molecule is O=c1[nH]c2ccc(S(=O)(=O)Nc3ccc(Nc4nc(-c5ccncc5)cs4)cc3)cc2o1. The van der Waals surface area contributed by atoms with Gasteiger partial charge in [-0.1, -0.05) is 0 Å². The van der Waals surface area contributed by atoms with Crippen LogP contribution in [-0.4, -0.2) is 23.4 Å². The lowest BCUT2D eigenvalue weighted by atomic mass is 10.2. The number of nitrogens with zero attached hydrogens (tertiary/aromatic N) is 2. The van der Waals surface area contributed by atoms with Crippen molar-refractivity contribution in [2.75, 3.05) is 10.0 Å². The third kappa shape index (κ3) is 4.11. The molecule has 0 aliphatic carbocycles. The normalized spacial score (nSPS) is 11.5. The average molecular weight is 466 g/mol. The predicted molar refractivity (Wildman–Crippen MR) is 123 cm³/mol. The fourth-order valence-corrected chi connectivity index (χ4v) is 4.85. The van der Waals surface area contributed by atoms with Crippen LogP contribution in [0.2, 0.25) is 0 Å². The first kappa shape index (κ1) is 20.0. The number of thiazole rings is 1. The Kier molecular flexibility index (Phi) is 4.96. The van der Waals surface area contributed by atoms with Crippen LogP contribution in [0.15, 0.2) is 86.5 Å². The molecule has 5 rings (SSSR count). The minimum absolute atomic E-state index is 0.0126. The summed E-state index contributed by atoms with van der Waals surface area (Å²) in [6, 6.07) is 14.7. The van der Waals surface area contributed by atoms with E-state index < -0.39 is 15.8 Å². The van der Waals surface area contributed by atoms with Crippen LogP contribution in [0.1, 0.15) is 0 Å². The number of rotatable bonds is 6. The van der Waals surface area contributed by atoms with Crippen LogP contribution in [0.5, 0.6) is 0 Å². The third-order valence-electron chi connectivity index (χ3n) is 4.57. The molecule has 0 bridgehead atoms. The van der Waals surface area contributed by atoms with E-state index in [0.717, 1.165) is 16.9 Å². The maximum absolute atomic E-state index is 12.7. The Balaban J connectivity index is 1.30. The monoisotopic (exact) mass is 465 g/mol. The van der Waals surface area contributed by atoms with Crippen molar-refractivity contribution in [1.29, 1.82) is 0 Å². The van der Waals surface area contributed by atoms with E-state index >= 15 is 0 Å². The highest BCUT2D eigenvalue weighted by Crippen LogP contribution is 2.28. The molecule has 0 fully saturated rings. The Morgan fingerprint density at radius 1 is 0.969 bits per heavy atom. The summed E-state index contributed by atoms with van der Waals surface area (Å²) in [5, 5.41) is 5.87. The highest BCUT2D eigenvalue weighted by molar-refractivity contribution is 7.92. The molecule has 5 aromatic rings. The zero-order chi connectivity index (χ0) is 22.1. The molecular formula is C21H15N5O4S2. The van der Waals surface area contributed by atoms with E-state index in [4.69, 9.17) is 4.42 Å². The fourth-order valence-electron chi connectivity index (χ4n) is 3.04. The number of fused-ring (bicyclic) bond motifs is 1. The van der Waals surface area contributed by atoms with E-state index in [1.54, 1.807) is 36.7 Å². The fraction of sp³-hybridized carbons (Fsp3) is 0. The molecule has 0 unspecified atom stereocenters. The molecule has 3 aromatic heterocycles. The average Bonchev–Trinajstić information content (AvgIpc) is 3.40. The van der Waals surface area contributed by atoms with Crippen molar-refractivity contribution in [2.24, 2.45) is 0 Å². The second-order valence-corrected chi connectivity index (χ2v) is 9.29. The van der Waals surface area contributed by atoms with Crippen molar-refractivity contribution in [3.05, 3.63) is 82.9 Å². The van der Waals surface area contributed by atoms with Crippen LogP contribution in [0.3, 0.4) is 0 Å². The number of hydrogen-bond acceptors (Lipinski definition) is 8. The van der Waals surface area contributed by atoms with Gasteiger partial charge in [0, 0.05) is 40.8 Å². The number of sulfonamides is 1. The molecule has 11 heteroatoms. The maximum Gasteiger partial charge on any atom is 0.417 e. The Bertz CT molecular complexity index is 1560. The lowest BCUT2D eigenvalue weighted by molar-refractivity contribution is 0.554. The summed E-state index contributed by atoms with van der Waals surface area (Å²) in [5.74, 6) is -0.640. The lowest BCUT2D eigenvalue weighted by Crippen LogP contribution is -2.12. The number of aromatic nitrogens is 3. The molecule has 160 valence electrons. The number of nitrogens with one attached hydrogen (secondary N) is 3. The highest BCUT2D eigenvalue weighted by Gasteiger charge is 2.16. The summed E-state index contributed by atoms with van der Waals surface area (Å²) in [6.45, 7) is 0. The van der Waals surface area contributed by atoms with Crippen LogP contribution >= 0.6 is 11.3 Å². The first-order valence-electron chi connectivity index (χ1n) is 9.35. The zero-order valence-electron chi connectivity index (χ0n) is 16.3. The minimum Gasteiger partial charge on any atom is -0.408 e. The van der Waals surface area contributed by atoms with E-state index in [1.165, 1.54) is 29.5 Å².